The lowest BCUT2D eigenvalue weighted by atomic mass is 9.66. The first-order valence-electron chi connectivity index (χ1n) is 25.0. The zero-order valence-corrected chi connectivity index (χ0v) is 44.8. The number of alkyl halides is 6. The van der Waals surface area contributed by atoms with Crippen LogP contribution in [-0.4, -0.2) is 20.1 Å². The highest BCUT2D eigenvalue weighted by molar-refractivity contribution is 5.81. The van der Waals surface area contributed by atoms with Gasteiger partial charge in [0.1, 0.15) is 22.5 Å². The zero-order valence-electron chi connectivity index (χ0n) is 44.8. The Labute approximate surface area is 431 Å². The molecule has 0 amide bonds. The van der Waals surface area contributed by atoms with Crippen molar-refractivity contribution in [2.75, 3.05) is 15.7 Å². The largest absolute Gasteiger partial charge is 0.508 e. The van der Waals surface area contributed by atoms with Gasteiger partial charge in [0.2, 0.25) is 0 Å². The highest BCUT2D eigenvalue weighted by atomic mass is 19.4. The zero-order chi connectivity index (χ0) is 54.4. The molecule has 0 saturated heterocycles. The standard InChI is InChI=1S/C60H68F6N6O2/c1-53(2,3)35-55(7,8)45-33-39(70-67-47-29-23-37(59(61,62)63)31-48(47)68-70)25-27-42(45)58(13,14)44-20-16-18-22-52(44)74-72-50-30-24-38(60(64,65)66)32-49(50)69-71(72)40-26-28-41(46(34-40)56(9,10)36-54(4,5)6)57(11,12)43-19-15-17-21-51(43)73/h15-34,69,73H,35-36H2,1-14H3. The van der Waals surface area contributed by atoms with Gasteiger partial charge in [-0.2, -0.15) is 36.3 Å². The van der Waals surface area contributed by atoms with Gasteiger partial charge >= 0.3 is 12.4 Å². The van der Waals surface area contributed by atoms with E-state index < -0.39 is 45.1 Å². The second kappa shape index (κ2) is 18.3. The predicted molar refractivity (Wildman–Crippen MR) is 284 cm³/mol. The smallest absolute Gasteiger partial charge is 0.416 e. The van der Waals surface area contributed by atoms with E-state index >= 15 is 0 Å². The first-order chi connectivity index (χ1) is 34.1. The van der Waals surface area contributed by atoms with Gasteiger partial charge in [-0.3, -0.25) is 5.43 Å². The van der Waals surface area contributed by atoms with Gasteiger partial charge in [-0.1, -0.05) is 151 Å². The number of anilines is 3. The van der Waals surface area contributed by atoms with Crippen molar-refractivity contribution in [1.82, 2.24) is 15.0 Å². The van der Waals surface area contributed by atoms with Crippen LogP contribution in [0.5, 0.6) is 11.5 Å². The molecular weight excluding hydrogens is 951 g/mol. The second-order valence-corrected chi connectivity index (χ2v) is 24.7. The molecule has 0 unspecified atom stereocenters. The molecule has 8 rings (SSSR count). The molecule has 2 N–H and O–H groups in total. The van der Waals surface area contributed by atoms with E-state index in [0.29, 0.717) is 28.3 Å². The molecule has 392 valence electrons. The molecule has 14 heteroatoms. The summed E-state index contributed by atoms with van der Waals surface area (Å²) < 4.78 is 84.3. The number of halogens is 6. The Morgan fingerprint density at radius 1 is 0.486 bits per heavy atom. The molecular formula is C60H68F6N6O2. The van der Waals surface area contributed by atoms with Crippen molar-refractivity contribution in [3.05, 3.63) is 166 Å². The molecule has 0 radical (unpaired) electrons. The normalized spacial score (nSPS) is 14.2. The number of aromatic nitrogens is 3. The lowest BCUT2D eigenvalue weighted by Gasteiger charge is -2.40. The molecule has 0 bridgehead atoms. The van der Waals surface area contributed by atoms with E-state index in [-0.39, 0.29) is 27.8 Å². The van der Waals surface area contributed by atoms with Crippen LogP contribution in [0.4, 0.5) is 43.4 Å². The number of fused-ring (bicyclic) bond motifs is 2. The third-order valence-electron chi connectivity index (χ3n) is 14.2. The summed E-state index contributed by atoms with van der Waals surface area (Å²) in [5.74, 6) is 0.613. The molecule has 1 aliphatic heterocycles. The number of hydrazine groups is 2. The van der Waals surface area contributed by atoms with Gasteiger partial charge in [-0.05, 0) is 130 Å². The van der Waals surface area contributed by atoms with Crippen molar-refractivity contribution in [3.63, 3.8) is 0 Å². The fourth-order valence-corrected chi connectivity index (χ4v) is 11.5. The predicted octanol–water partition coefficient (Wildman–Crippen LogP) is 16.8. The second-order valence-electron chi connectivity index (χ2n) is 24.7. The molecule has 0 saturated carbocycles. The molecule has 0 fully saturated rings. The lowest BCUT2D eigenvalue weighted by molar-refractivity contribution is -0.138. The summed E-state index contributed by atoms with van der Waals surface area (Å²) in [5, 5.41) is 23.4. The number of nitrogens with zero attached hydrogens (tertiary/aromatic N) is 5. The maximum Gasteiger partial charge on any atom is 0.416 e. The summed E-state index contributed by atoms with van der Waals surface area (Å²) in [6.45, 7) is 30.2. The Hall–Kier alpha value is -6.70. The monoisotopic (exact) mass is 1020 g/mol. The average Bonchev–Trinajstić information content (AvgIpc) is 3.88. The van der Waals surface area contributed by atoms with E-state index in [9.17, 15) is 31.4 Å². The number of rotatable bonds is 12. The summed E-state index contributed by atoms with van der Waals surface area (Å²) in [7, 11) is 0. The lowest BCUT2D eigenvalue weighted by Crippen LogP contribution is -2.45. The molecule has 1 aliphatic rings. The number of nitrogens with one attached hydrogen (secondary N) is 1. The maximum atomic E-state index is 14.4. The Balaban J connectivity index is 1.26. The Kier molecular flexibility index (Phi) is 13.3. The maximum absolute atomic E-state index is 14.4. The van der Waals surface area contributed by atoms with Crippen molar-refractivity contribution < 1.29 is 36.3 Å². The summed E-state index contributed by atoms with van der Waals surface area (Å²) in [5.41, 5.74) is 6.62. The van der Waals surface area contributed by atoms with E-state index in [1.165, 1.54) is 22.1 Å². The van der Waals surface area contributed by atoms with Gasteiger partial charge in [0, 0.05) is 22.0 Å². The molecule has 0 atom stereocenters. The number of hydrogen-bond donors (Lipinski definition) is 2. The van der Waals surface area contributed by atoms with E-state index in [2.05, 4.69) is 119 Å². The van der Waals surface area contributed by atoms with Gasteiger partial charge < -0.3 is 9.94 Å². The van der Waals surface area contributed by atoms with Crippen LogP contribution < -0.4 is 20.6 Å². The average molecular weight is 1020 g/mol. The molecule has 8 nitrogen and oxygen atoms in total. The van der Waals surface area contributed by atoms with E-state index in [1.54, 1.807) is 17.3 Å². The van der Waals surface area contributed by atoms with Crippen LogP contribution in [-0.2, 0) is 34.0 Å². The molecule has 6 aromatic carbocycles. The quantitative estimate of drug-likeness (QED) is 0.118. The molecule has 2 heterocycles. The van der Waals surface area contributed by atoms with Gasteiger partial charge in [0.05, 0.1) is 28.2 Å². The topological polar surface area (TPSA) is 78.7 Å². The third-order valence-corrected chi connectivity index (χ3v) is 14.2. The fourth-order valence-electron chi connectivity index (χ4n) is 11.5. The molecule has 0 aliphatic carbocycles. The minimum Gasteiger partial charge on any atom is -0.508 e. The Bertz CT molecular complexity index is 3230. The van der Waals surface area contributed by atoms with E-state index in [0.717, 1.165) is 70.5 Å². The molecule has 0 spiro atoms. The summed E-state index contributed by atoms with van der Waals surface area (Å²) in [6, 6.07) is 33.7. The van der Waals surface area contributed by atoms with Crippen molar-refractivity contribution in [1.29, 1.82) is 0 Å². The van der Waals surface area contributed by atoms with Gasteiger partial charge in [0.25, 0.3) is 0 Å². The minimum absolute atomic E-state index is 0.0887. The van der Waals surface area contributed by atoms with Crippen LogP contribution in [0, 0.1) is 10.8 Å². The number of phenolic OH excluding ortho intramolecular Hbond substituents is 1. The number of phenols is 1. The van der Waals surface area contributed by atoms with Crippen molar-refractivity contribution in [3.8, 4) is 17.2 Å². The van der Waals surface area contributed by atoms with E-state index in [1.807, 2.05) is 66.7 Å². The number of benzene rings is 6. The van der Waals surface area contributed by atoms with Crippen LogP contribution in [0.25, 0.3) is 16.7 Å². The van der Waals surface area contributed by atoms with Crippen molar-refractivity contribution >= 4 is 28.1 Å². The van der Waals surface area contributed by atoms with E-state index in [4.69, 9.17) is 4.84 Å². The van der Waals surface area contributed by atoms with Crippen LogP contribution >= 0.6 is 0 Å². The third kappa shape index (κ3) is 10.6. The SMILES string of the molecule is CC(C)(C)CC(C)(C)c1cc(N2Nc3cc(C(F)(F)F)ccc3N2Oc2ccccc2C(C)(C)c2ccc(-n3nc4ccc(C(F)(F)F)cc4n3)cc2C(C)(C)CC(C)(C)C)ccc1C(C)(C)c1ccccc1O. The summed E-state index contributed by atoms with van der Waals surface area (Å²) >= 11 is 0. The highest BCUT2D eigenvalue weighted by Gasteiger charge is 2.42. The summed E-state index contributed by atoms with van der Waals surface area (Å²) in [4.78, 5) is 8.44. The van der Waals surface area contributed by atoms with Gasteiger partial charge in [-0.15, -0.1) is 10.2 Å². The van der Waals surface area contributed by atoms with Crippen LogP contribution in [0.1, 0.15) is 154 Å². The number of aromatic hydroxyl groups is 1. The van der Waals surface area contributed by atoms with Crippen molar-refractivity contribution in [2.45, 2.75) is 144 Å². The Morgan fingerprint density at radius 3 is 1.54 bits per heavy atom. The summed E-state index contributed by atoms with van der Waals surface area (Å²) in [6.07, 6.45) is -7.61. The number of para-hydroxylation sites is 2. The molecule has 1 aromatic heterocycles. The molecule has 7 aromatic rings. The van der Waals surface area contributed by atoms with Gasteiger partial charge in [0.15, 0.2) is 5.75 Å². The van der Waals surface area contributed by atoms with Crippen LogP contribution in [0.3, 0.4) is 0 Å². The highest BCUT2D eigenvalue weighted by Crippen LogP contribution is 2.50. The van der Waals surface area contributed by atoms with Gasteiger partial charge in [-0.25, -0.2) is 0 Å². The van der Waals surface area contributed by atoms with Crippen molar-refractivity contribution in [2.24, 2.45) is 10.8 Å². The van der Waals surface area contributed by atoms with Crippen LogP contribution in [0.2, 0.25) is 0 Å². The molecule has 74 heavy (non-hydrogen) atoms. The van der Waals surface area contributed by atoms with Crippen LogP contribution in [0.15, 0.2) is 121 Å². The first kappa shape index (κ1) is 53.6. The Morgan fingerprint density at radius 2 is 0.973 bits per heavy atom. The first-order valence-corrected chi connectivity index (χ1v) is 25.0. The minimum atomic E-state index is -4.61. The number of hydrogen-bond acceptors (Lipinski definition) is 7. The fraction of sp³-hybridized carbons (Fsp3) is 0.400.